The Bertz CT molecular complexity index is 642. The molecule has 2 aromatic rings. The molecule has 0 bridgehead atoms. The minimum atomic E-state index is -0.177. The van der Waals surface area contributed by atoms with Crippen molar-refractivity contribution < 1.29 is 9.90 Å². The number of rotatable bonds is 4. The minimum absolute atomic E-state index is 0.169. The zero-order chi connectivity index (χ0) is 14.5. The molecule has 0 aliphatic carbocycles. The maximum atomic E-state index is 11.6. The van der Waals surface area contributed by atoms with Gasteiger partial charge in [0.15, 0.2) is 0 Å². The number of thiophene rings is 1. The molecule has 4 nitrogen and oxygen atoms in total. The lowest BCUT2D eigenvalue weighted by atomic mass is 10.2. The van der Waals surface area contributed by atoms with E-state index in [1.54, 1.807) is 6.07 Å². The topological polar surface area (TPSA) is 61.7 Å². The standard InChI is InChI=1S/C13H10I2N2O2S/c14-9-4-8(13(19)11(15)5-9)7-16-17-12(18)6-10-2-1-3-20-10/h1-5,7,19H,6H2,(H,17,18)/b16-7-. The average Bonchev–Trinajstić information content (AvgIpc) is 2.87. The first kappa shape index (κ1) is 15.7. The molecule has 0 spiro atoms. The van der Waals surface area contributed by atoms with E-state index in [0.717, 1.165) is 12.0 Å². The summed E-state index contributed by atoms with van der Waals surface area (Å²) >= 11 is 5.75. The molecule has 0 aliphatic rings. The summed E-state index contributed by atoms with van der Waals surface area (Å²) in [7, 11) is 0. The lowest BCUT2D eigenvalue weighted by Gasteiger charge is -2.03. The normalized spacial score (nSPS) is 10.9. The van der Waals surface area contributed by atoms with Crippen LogP contribution in [0.4, 0.5) is 0 Å². The molecule has 2 N–H and O–H groups in total. The Hall–Kier alpha value is -0.680. The molecule has 1 aromatic carbocycles. The minimum Gasteiger partial charge on any atom is -0.506 e. The number of carbonyl (C=O) groups excluding carboxylic acids is 1. The molecule has 0 saturated heterocycles. The second kappa shape index (κ2) is 7.36. The first-order valence-electron chi connectivity index (χ1n) is 5.58. The van der Waals surface area contributed by atoms with Crippen LogP contribution in [-0.2, 0) is 11.2 Å². The van der Waals surface area contributed by atoms with Gasteiger partial charge in [-0.05, 0) is 68.8 Å². The molecule has 0 aliphatic heterocycles. The Morgan fingerprint density at radius 3 is 2.95 bits per heavy atom. The van der Waals surface area contributed by atoms with Gasteiger partial charge >= 0.3 is 0 Å². The number of phenolic OH excluding ortho intramolecular Hbond substituents is 1. The van der Waals surface area contributed by atoms with E-state index in [2.05, 4.69) is 55.7 Å². The molecule has 1 aromatic heterocycles. The molecule has 104 valence electrons. The van der Waals surface area contributed by atoms with E-state index in [4.69, 9.17) is 0 Å². The van der Waals surface area contributed by atoms with E-state index < -0.39 is 0 Å². The smallest absolute Gasteiger partial charge is 0.245 e. The molecule has 0 saturated carbocycles. The van der Waals surface area contributed by atoms with Crippen LogP contribution in [0.15, 0.2) is 34.7 Å². The number of carbonyl (C=O) groups is 1. The highest BCUT2D eigenvalue weighted by atomic mass is 127. The summed E-state index contributed by atoms with van der Waals surface area (Å²) in [6, 6.07) is 7.47. The third kappa shape index (κ3) is 4.42. The van der Waals surface area contributed by atoms with Crippen LogP contribution in [0.2, 0.25) is 0 Å². The summed E-state index contributed by atoms with van der Waals surface area (Å²) in [5.74, 6) is -0.00853. The van der Waals surface area contributed by atoms with E-state index in [9.17, 15) is 9.90 Å². The summed E-state index contributed by atoms with van der Waals surface area (Å²) in [6.45, 7) is 0. The number of amides is 1. The van der Waals surface area contributed by atoms with Gasteiger partial charge in [0.05, 0.1) is 16.2 Å². The van der Waals surface area contributed by atoms with Gasteiger partial charge in [-0.15, -0.1) is 11.3 Å². The van der Waals surface area contributed by atoms with Crippen molar-refractivity contribution in [3.63, 3.8) is 0 Å². The molecule has 2 rings (SSSR count). The van der Waals surface area contributed by atoms with Crippen molar-refractivity contribution in [1.82, 2.24) is 5.43 Å². The zero-order valence-electron chi connectivity index (χ0n) is 10.1. The number of hydrogen-bond donors (Lipinski definition) is 2. The van der Waals surface area contributed by atoms with E-state index >= 15 is 0 Å². The third-order valence-corrected chi connectivity index (χ3v) is 4.69. The van der Waals surface area contributed by atoms with Crippen LogP contribution in [0.5, 0.6) is 5.75 Å². The summed E-state index contributed by atoms with van der Waals surface area (Å²) in [4.78, 5) is 12.6. The van der Waals surface area contributed by atoms with Crippen LogP contribution in [0.1, 0.15) is 10.4 Å². The number of phenols is 1. The van der Waals surface area contributed by atoms with Gasteiger partial charge in [0.25, 0.3) is 0 Å². The molecule has 0 radical (unpaired) electrons. The molecule has 1 heterocycles. The number of nitrogens with zero attached hydrogens (tertiary/aromatic N) is 1. The van der Waals surface area contributed by atoms with Crippen LogP contribution in [-0.4, -0.2) is 17.2 Å². The highest BCUT2D eigenvalue weighted by Gasteiger charge is 2.06. The number of halogens is 2. The Labute approximate surface area is 147 Å². The molecule has 7 heteroatoms. The van der Waals surface area contributed by atoms with Crippen LogP contribution >= 0.6 is 56.5 Å². The summed E-state index contributed by atoms with van der Waals surface area (Å²) < 4.78 is 1.75. The van der Waals surface area contributed by atoms with Gasteiger partial charge in [-0.3, -0.25) is 4.79 Å². The number of nitrogens with one attached hydrogen (secondary N) is 1. The highest BCUT2D eigenvalue weighted by Crippen LogP contribution is 2.25. The average molecular weight is 512 g/mol. The second-order valence-corrected chi connectivity index (χ2v) is 7.31. The fourth-order valence-corrected chi connectivity index (χ4v) is 4.06. The number of aromatic hydroxyl groups is 1. The molecule has 0 atom stereocenters. The van der Waals surface area contributed by atoms with Crippen molar-refractivity contribution in [2.24, 2.45) is 5.10 Å². The predicted octanol–water partition coefficient (Wildman–Crippen LogP) is 3.36. The van der Waals surface area contributed by atoms with Crippen molar-refractivity contribution in [3.05, 3.63) is 47.2 Å². The van der Waals surface area contributed by atoms with Gasteiger partial charge in [-0.1, -0.05) is 6.07 Å². The molecular weight excluding hydrogens is 502 g/mol. The van der Waals surface area contributed by atoms with Crippen LogP contribution in [0, 0.1) is 7.14 Å². The molecular formula is C13H10I2N2O2S. The van der Waals surface area contributed by atoms with Crippen LogP contribution in [0.3, 0.4) is 0 Å². The lowest BCUT2D eigenvalue weighted by molar-refractivity contribution is -0.120. The Morgan fingerprint density at radius 1 is 1.45 bits per heavy atom. The highest BCUT2D eigenvalue weighted by molar-refractivity contribution is 14.1. The fraction of sp³-hybridized carbons (Fsp3) is 0.0769. The number of hydrogen-bond acceptors (Lipinski definition) is 4. The fourth-order valence-electron chi connectivity index (χ4n) is 1.47. The van der Waals surface area contributed by atoms with Crippen molar-refractivity contribution in [2.75, 3.05) is 0 Å². The Balaban J connectivity index is 1.98. The number of hydrazone groups is 1. The first-order valence-corrected chi connectivity index (χ1v) is 8.62. The Kier molecular flexibility index (Phi) is 5.78. The van der Waals surface area contributed by atoms with Gasteiger partial charge in [0, 0.05) is 14.0 Å². The summed E-state index contributed by atoms with van der Waals surface area (Å²) in [5, 5.41) is 15.7. The van der Waals surface area contributed by atoms with Gasteiger partial charge in [-0.25, -0.2) is 5.43 Å². The van der Waals surface area contributed by atoms with E-state index in [1.165, 1.54) is 17.6 Å². The van der Waals surface area contributed by atoms with Crippen LogP contribution in [0.25, 0.3) is 0 Å². The van der Waals surface area contributed by atoms with Gasteiger partial charge in [0.1, 0.15) is 5.75 Å². The van der Waals surface area contributed by atoms with Crippen molar-refractivity contribution >= 4 is 68.6 Å². The number of benzene rings is 1. The molecule has 1 amide bonds. The predicted molar refractivity (Wildman–Crippen MR) is 97.3 cm³/mol. The SMILES string of the molecule is O=C(Cc1cccs1)N/N=C\c1cc(I)cc(I)c1O. The quantitative estimate of drug-likeness (QED) is 0.375. The maximum absolute atomic E-state index is 11.6. The first-order chi connectivity index (χ1) is 9.56. The van der Waals surface area contributed by atoms with Crippen molar-refractivity contribution in [1.29, 1.82) is 0 Å². The molecule has 0 unspecified atom stereocenters. The van der Waals surface area contributed by atoms with Crippen molar-refractivity contribution in [3.8, 4) is 5.75 Å². The molecule has 0 fully saturated rings. The molecule has 20 heavy (non-hydrogen) atoms. The van der Waals surface area contributed by atoms with Gasteiger partial charge < -0.3 is 5.11 Å². The monoisotopic (exact) mass is 512 g/mol. The second-order valence-electron chi connectivity index (χ2n) is 3.87. The van der Waals surface area contributed by atoms with Gasteiger partial charge in [-0.2, -0.15) is 5.10 Å². The zero-order valence-corrected chi connectivity index (χ0v) is 15.3. The third-order valence-electron chi connectivity index (χ3n) is 2.37. The summed E-state index contributed by atoms with van der Waals surface area (Å²) in [6.07, 6.45) is 1.76. The largest absolute Gasteiger partial charge is 0.506 e. The lowest BCUT2D eigenvalue weighted by Crippen LogP contribution is -2.19. The van der Waals surface area contributed by atoms with Gasteiger partial charge in [0.2, 0.25) is 5.91 Å². The van der Waals surface area contributed by atoms with E-state index in [0.29, 0.717) is 12.0 Å². The van der Waals surface area contributed by atoms with E-state index in [-0.39, 0.29) is 11.7 Å². The Morgan fingerprint density at radius 2 is 2.25 bits per heavy atom. The maximum Gasteiger partial charge on any atom is 0.245 e. The van der Waals surface area contributed by atoms with Crippen LogP contribution < -0.4 is 5.43 Å². The van der Waals surface area contributed by atoms with Crippen molar-refractivity contribution in [2.45, 2.75) is 6.42 Å². The van der Waals surface area contributed by atoms with E-state index in [1.807, 2.05) is 23.6 Å². The summed E-state index contributed by atoms with van der Waals surface area (Å²) in [5.41, 5.74) is 3.04.